The second-order valence-electron chi connectivity index (χ2n) is 7.07. The first-order valence-electron chi connectivity index (χ1n) is 9.51. The molecule has 29 heavy (non-hydrogen) atoms. The van der Waals surface area contributed by atoms with Crippen LogP contribution >= 0.6 is 22.9 Å². The van der Waals surface area contributed by atoms with Crippen LogP contribution in [0.3, 0.4) is 0 Å². The highest BCUT2D eigenvalue weighted by Crippen LogP contribution is 2.40. The van der Waals surface area contributed by atoms with E-state index in [1.165, 1.54) is 0 Å². The lowest BCUT2D eigenvalue weighted by Gasteiger charge is -2.28. The number of pyridine rings is 1. The molecule has 0 aliphatic carbocycles. The molecule has 148 valence electrons. The van der Waals surface area contributed by atoms with Gasteiger partial charge in [0, 0.05) is 37.1 Å². The number of rotatable bonds is 3. The van der Waals surface area contributed by atoms with Gasteiger partial charge in [-0.1, -0.05) is 0 Å². The third-order valence-corrected chi connectivity index (χ3v) is 6.48. The van der Waals surface area contributed by atoms with E-state index in [-0.39, 0.29) is 5.28 Å². The number of aromatic nitrogens is 3. The predicted octanol–water partition coefficient (Wildman–Crippen LogP) is 4.29. The predicted molar refractivity (Wildman–Crippen MR) is 120 cm³/mol. The Labute approximate surface area is 177 Å². The third kappa shape index (κ3) is 3.29. The molecule has 0 unspecified atom stereocenters. The molecule has 0 radical (unpaired) electrons. The molecule has 0 amide bonds. The van der Waals surface area contributed by atoms with Crippen LogP contribution in [0.2, 0.25) is 5.28 Å². The maximum atomic E-state index is 6.32. The lowest BCUT2D eigenvalue weighted by atomic mass is 10.1. The van der Waals surface area contributed by atoms with Gasteiger partial charge in [0.15, 0.2) is 5.82 Å². The average Bonchev–Trinajstić information content (AvgIpc) is 3.12. The van der Waals surface area contributed by atoms with Crippen LogP contribution in [0.25, 0.3) is 31.7 Å². The van der Waals surface area contributed by atoms with Crippen molar-refractivity contribution in [3.8, 4) is 17.0 Å². The minimum absolute atomic E-state index is 0.282. The van der Waals surface area contributed by atoms with Crippen LogP contribution in [0.1, 0.15) is 5.56 Å². The number of thiophene rings is 1. The number of ether oxygens (including phenoxy) is 1. The van der Waals surface area contributed by atoms with Gasteiger partial charge >= 0.3 is 0 Å². The Kier molecular flexibility index (Phi) is 4.73. The number of methoxy groups -OCH3 is 1. The van der Waals surface area contributed by atoms with Gasteiger partial charge in [-0.2, -0.15) is 4.98 Å². The second-order valence-corrected chi connectivity index (χ2v) is 8.40. The molecule has 4 aromatic rings. The molecule has 1 aliphatic rings. The summed E-state index contributed by atoms with van der Waals surface area (Å²) >= 11 is 7.96. The molecule has 1 aromatic carbocycles. The SMILES string of the molecule is COc1ccc(-c2cc(C)c3c(n2)sc2c(N4CCNCC4)nc(Cl)nc23)cc1. The van der Waals surface area contributed by atoms with Crippen LogP contribution in [0.15, 0.2) is 30.3 Å². The van der Waals surface area contributed by atoms with Crippen molar-refractivity contribution in [1.82, 2.24) is 20.3 Å². The molecule has 1 fully saturated rings. The summed E-state index contributed by atoms with van der Waals surface area (Å²) in [5, 5.41) is 4.72. The fourth-order valence-electron chi connectivity index (χ4n) is 3.78. The number of halogens is 1. The molecule has 0 bridgehead atoms. The molecule has 0 spiro atoms. The first kappa shape index (κ1) is 18.5. The van der Waals surface area contributed by atoms with Crippen LogP contribution in [-0.4, -0.2) is 48.2 Å². The van der Waals surface area contributed by atoms with Crippen molar-refractivity contribution in [2.45, 2.75) is 6.92 Å². The minimum Gasteiger partial charge on any atom is -0.497 e. The van der Waals surface area contributed by atoms with Crippen molar-refractivity contribution >= 4 is 49.2 Å². The van der Waals surface area contributed by atoms with Crippen LogP contribution in [0, 0.1) is 6.92 Å². The summed E-state index contributed by atoms with van der Waals surface area (Å²) in [6.45, 7) is 5.78. The molecule has 4 heterocycles. The quantitative estimate of drug-likeness (QED) is 0.494. The second kappa shape index (κ2) is 7.40. The first-order chi connectivity index (χ1) is 14.1. The van der Waals surface area contributed by atoms with Crippen molar-refractivity contribution in [3.63, 3.8) is 0 Å². The van der Waals surface area contributed by atoms with Gasteiger partial charge in [-0.05, 0) is 54.4 Å². The summed E-state index contributed by atoms with van der Waals surface area (Å²) < 4.78 is 6.32. The zero-order chi connectivity index (χ0) is 20.0. The van der Waals surface area contributed by atoms with Crippen LogP contribution < -0.4 is 15.0 Å². The zero-order valence-electron chi connectivity index (χ0n) is 16.2. The fourth-order valence-corrected chi connectivity index (χ4v) is 5.15. The normalized spacial score (nSPS) is 14.7. The van der Waals surface area contributed by atoms with E-state index in [0.717, 1.165) is 75.0 Å². The number of fused-ring (bicyclic) bond motifs is 3. The number of nitrogens with zero attached hydrogens (tertiary/aromatic N) is 4. The number of hydrogen-bond donors (Lipinski definition) is 1. The van der Waals surface area contributed by atoms with Crippen molar-refractivity contribution < 1.29 is 4.74 Å². The summed E-state index contributed by atoms with van der Waals surface area (Å²) in [5.41, 5.74) is 4.02. The van der Waals surface area contributed by atoms with E-state index in [0.29, 0.717) is 0 Å². The van der Waals surface area contributed by atoms with E-state index in [2.05, 4.69) is 33.2 Å². The Bertz CT molecular complexity index is 1200. The number of piperazine rings is 1. The Morgan fingerprint density at radius 2 is 1.86 bits per heavy atom. The van der Waals surface area contributed by atoms with Gasteiger partial charge in [0.25, 0.3) is 0 Å². The molecule has 8 heteroatoms. The van der Waals surface area contributed by atoms with Crippen LogP contribution in [0.5, 0.6) is 5.75 Å². The highest BCUT2D eigenvalue weighted by Gasteiger charge is 2.21. The van der Waals surface area contributed by atoms with E-state index >= 15 is 0 Å². The number of aryl methyl sites for hydroxylation is 1. The van der Waals surface area contributed by atoms with Crippen molar-refractivity contribution in [1.29, 1.82) is 0 Å². The van der Waals surface area contributed by atoms with Gasteiger partial charge < -0.3 is 15.0 Å². The topological polar surface area (TPSA) is 63.2 Å². The van der Waals surface area contributed by atoms with E-state index < -0.39 is 0 Å². The van der Waals surface area contributed by atoms with Crippen molar-refractivity contribution in [3.05, 3.63) is 41.2 Å². The summed E-state index contributed by atoms with van der Waals surface area (Å²) in [4.78, 5) is 17.3. The smallest absolute Gasteiger partial charge is 0.224 e. The van der Waals surface area contributed by atoms with E-state index in [1.54, 1.807) is 18.4 Å². The number of benzene rings is 1. The van der Waals surface area contributed by atoms with Gasteiger partial charge in [-0.15, -0.1) is 11.3 Å². The van der Waals surface area contributed by atoms with Gasteiger partial charge in [-0.25, -0.2) is 9.97 Å². The highest BCUT2D eigenvalue weighted by molar-refractivity contribution is 7.26. The van der Waals surface area contributed by atoms with E-state index in [9.17, 15) is 0 Å². The van der Waals surface area contributed by atoms with E-state index in [4.69, 9.17) is 21.3 Å². The summed E-state index contributed by atoms with van der Waals surface area (Å²) in [6, 6.07) is 10.1. The summed E-state index contributed by atoms with van der Waals surface area (Å²) in [5.74, 6) is 1.74. The average molecular weight is 426 g/mol. The Morgan fingerprint density at radius 1 is 1.10 bits per heavy atom. The molecule has 0 saturated carbocycles. The molecular formula is C21H20ClN5OS. The highest BCUT2D eigenvalue weighted by atomic mass is 35.5. The van der Waals surface area contributed by atoms with Crippen molar-refractivity contribution in [2.24, 2.45) is 0 Å². The molecule has 1 aliphatic heterocycles. The molecule has 6 nitrogen and oxygen atoms in total. The monoisotopic (exact) mass is 425 g/mol. The third-order valence-electron chi connectivity index (χ3n) is 5.24. The molecule has 3 aromatic heterocycles. The van der Waals surface area contributed by atoms with Crippen molar-refractivity contribution in [2.75, 3.05) is 38.2 Å². The fraction of sp³-hybridized carbons (Fsp3) is 0.286. The van der Waals surface area contributed by atoms with Gasteiger partial charge in [0.05, 0.1) is 23.0 Å². The Hall–Kier alpha value is -2.48. The van der Waals surface area contributed by atoms with E-state index in [1.807, 2.05) is 24.3 Å². The Morgan fingerprint density at radius 3 is 2.59 bits per heavy atom. The molecule has 1 N–H and O–H groups in total. The maximum absolute atomic E-state index is 6.32. The standard InChI is InChI=1S/C21H20ClN5OS/c1-12-11-15(13-3-5-14(28-2)6-4-13)24-20-16(12)17-18(29-20)19(26-21(22)25-17)27-9-7-23-8-10-27/h3-6,11,23H,7-10H2,1-2H3. The van der Waals surface area contributed by atoms with Gasteiger partial charge in [0.2, 0.25) is 5.28 Å². The number of nitrogens with one attached hydrogen (secondary N) is 1. The number of anilines is 1. The van der Waals surface area contributed by atoms with Crippen LogP contribution in [0.4, 0.5) is 5.82 Å². The lowest BCUT2D eigenvalue weighted by Crippen LogP contribution is -2.44. The van der Waals surface area contributed by atoms with Gasteiger partial charge in [0.1, 0.15) is 10.6 Å². The maximum Gasteiger partial charge on any atom is 0.224 e. The Balaban J connectivity index is 1.69. The molecule has 5 rings (SSSR count). The summed E-state index contributed by atoms with van der Waals surface area (Å²) in [7, 11) is 1.67. The zero-order valence-corrected chi connectivity index (χ0v) is 17.8. The lowest BCUT2D eigenvalue weighted by molar-refractivity contribution is 0.415. The minimum atomic E-state index is 0.282. The molecule has 1 saturated heterocycles. The largest absolute Gasteiger partial charge is 0.497 e. The van der Waals surface area contributed by atoms with Gasteiger partial charge in [-0.3, -0.25) is 0 Å². The molecular weight excluding hydrogens is 406 g/mol. The first-order valence-corrected chi connectivity index (χ1v) is 10.7. The summed E-state index contributed by atoms with van der Waals surface area (Å²) in [6.07, 6.45) is 0. The van der Waals surface area contributed by atoms with Crippen LogP contribution in [-0.2, 0) is 0 Å². The number of hydrogen-bond acceptors (Lipinski definition) is 7. The molecule has 0 atom stereocenters.